The summed E-state index contributed by atoms with van der Waals surface area (Å²) in [5.74, 6) is 0. The summed E-state index contributed by atoms with van der Waals surface area (Å²) >= 11 is 5.39. The first-order chi connectivity index (χ1) is 9.48. The molecule has 1 aromatic carbocycles. The number of benzene rings is 1. The number of hydrogen-bond donors (Lipinski definition) is 1. The molecule has 108 valence electrons. The Morgan fingerprint density at radius 1 is 1.20 bits per heavy atom. The van der Waals surface area contributed by atoms with Crippen molar-refractivity contribution in [1.82, 2.24) is 9.66 Å². The number of imidazole rings is 1. The van der Waals surface area contributed by atoms with Crippen molar-refractivity contribution in [2.45, 2.75) is 24.2 Å². The molecule has 1 fully saturated rings. The van der Waals surface area contributed by atoms with Gasteiger partial charge in [-0.1, -0.05) is 6.07 Å². The Morgan fingerprint density at radius 2 is 1.90 bits per heavy atom. The highest BCUT2D eigenvalue weighted by atomic mass is 32.2. The zero-order chi connectivity index (χ0) is 14.3. The second-order valence-electron chi connectivity index (χ2n) is 5.18. The van der Waals surface area contributed by atoms with E-state index in [0.717, 1.165) is 31.4 Å². The maximum atomic E-state index is 11.9. The highest BCUT2D eigenvalue weighted by Gasteiger charge is 2.19. The van der Waals surface area contributed by atoms with Crippen LogP contribution in [0, 0.1) is 4.77 Å². The minimum atomic E-state index is -3.27. The monoisotopic (exact) mass is 311 g/mol. The van der Waals surface area contributed by atoms with Crippen LogP contribution in [0.2, 0.25) is 0 Å². The van der Waals surface area contributed by atoms with Gasteiger partial charge in [0.2, 0.25) is 0 Å². The van der Waals surface area contributed by atoms with Crippen molar-refractivity contribution in [2.24, 2.45) is 0 Å². The van der Waals surface area contributed by atoms with Crippen molar-refractivity contribution in [3.8, 4) is 0 Å². The summed E-state index contributed by atoms with van der Waals surface area (Å²) in [6.07, 6.45) is 4.73. The predicted octanol–water partition coefficient (Wildman–Crippen LogP) is 2.22. The van der Waals surface area contributed by atoms with Crippen LogP contribution in [0.1, 0.15) is 19.3 Å². The minimum absolute atomic E-state index is 0.303. The van der Waals surface area contributed by atoms with Gasteiger partial charge in [-0.3, -0.25) is 0 Å². The summed E-state index contributed by atoms with van der Waals surface area (Å²) in [4.78, 5) is 3.36. The molecule has 7 heteroatoms. The van der Waals surface area contributed by atoms with E-state index in [4.69, 9.17) is 12.2 Å². The van der Waals surface area contributed by atoms with Crippen LogP contribution in [-0.2, 0) is 9.84 Å². The van der Waals surface area contributed by atoms with E-state index in [1.807, 2.05) is 10.7 Å². The van der Waals surface area contributed by atoms with Gasteiger partial charge in [-0.25, -0.2) is 13.1 Å². The van der Waals surface area contributed by atoms with Gasteiger partial charge >= 0.3 is 0 Å². The van der Waals surface area contributed by atoms with E-state index < -0.39 is 9.84 Å². The average molecular weight is 311 g/mol. The number of sulfone groups is 1. The lowest BCUT2D eigenvalue weighted by molar-refractivity contribution is 0.483. The van der Waals surface area contributed by atoms with E-state index in [9.17, 15) is 8.42 Å². The molecule has 0 aliphatic carbocycles. The van der Waals surface area contributed by atoms with Gasteiger partial charge < -0.3 is 9.99 Å². The molecule has 3 rings (SSSR count). The lowest BCUT2D eigenvalue weighted by Crippen LogP contribution is -2.39. The highest BCUT2D eigenvalue weighted by molar-refractivity contribution is 7.91. The number of aromatic nitrogens is 2. The van der Waals surface area contributed by atoms with Gasteiger partial charge in [0.1, 0.15) is 0 Å². The first kappa shape index (κ1) is 13.6. The second-order valence-corrected chi connectivity index (χ2v) is 7.55. The SMILES string of the molecule is CS(=O)(=O)c1cccc2c1[nH]c(=S)n2N1CCCCC1. The minimum Gasteiger partial charge on any atom is -0.328 e. The molecule has 2 heterocycles. The summed E-state index contributed by atoms with van der Waals surface area (Å²) < 4.78 is 26.2. The van der Waals surface area contributed by atoms with Gasteiger partial charge in [-0.15, -0.1) is 0 Å². The normalized spacial score (nSPS) is 16.8. The van der Waals surface area contributed by atoms with Crippen LogP contribution in [0.5, 0.6) is 0 Å². The number of hydrogen-bond acceptors (Lipinski definition) is 4. The number of H-pyrrole nitrogens is 1. The first-order valence-corrected chi connectivity index (χ1v) is 8.97. The van der Waals surface area contributed by atoms with Crippen LogP contribution in [0.3, 0.4) is 0 Å². The fraction of sp³-hybridized carbons (Fsp3) is 0.462. The van der Waals surface area contributed by atoms with Gasteiger partial charge in [0.05, 0.1) is 15.9 Å². The standard InChI is InChI=1S/C13H17N3O2S2/c1-20(17,18)11-7-5-6-10-12(11)14-13(19)16(10)15-8-3-2-4-9-15/h5-7H,2-4,8-9H2,1H3,(H,14,19). The number of rotatable bonds is 2. The Bertz CT molecular complexity index is 799. The molecule has 2 aromatic rings. The Kier molecular flexibility index (Phi) is 3.33. The van der Waals surface area contributed by atoms with Gasteiger partial charge in [-0.05, 0) is 43.6 Å². The number of aromatic amines is 1. The van der Waals surface area contributed by atoms with Crippen molar-refractivity contribution in [3.63, 3.8) is 0 Å². The van der Waals surface area contributed by atoms with E-state index >= 15 is 0 Å². The van der Waals surface area contributed by atoms with Crippen LogP contribution in [0.4, 0.5) is 0 Å². The maximum Gasteiger partial charge on any atom is 0.197 e. The fourth-order valence-electron chi connectivity index (χ4n) is 2.76. The molecule has 0 saturated carbocycles. The highest BCUT2D eigenvalue weighted by Crippen LogP contribution is 2.23. The zero-order valence-electron chi connectivity index (χ0n) is 11.3. The van der Waals surface area contributed by atoms with Crippen LogP contribution < -0.4 is 5.01 Å². The third-order valence-corrected chi connectivity index (χ3v) is 5.09. The Hall–Kier alpha value is -1.34. The second kappa shape index (κ2) is 4.89. The Morgan fingerprint density at radius 3 is 2.55 bits per heavy atom. The number of para-hydroxylation sites is 1. The van der Waals surface area contributed by atoms with E-state index in [-0.39, 0.29) is 0 Å². The van der Waals surface area contributed by atoms with Gasteiger partial charge in [0, 0.05) is 19.3 Å². The van der Waals surface area contributed by atoms with Crippen molar-refractivity contribution >= 4 is 33.1 Å². The molecule has 1 aromatic heterocycles. The van der Waals surface area contributed by atoms with E-state index in [2.05, 4.69) is 9.99 Å². The number of nitrogens with one attached hydrogen (secondary N) is 1. The summed E-state index contributed by atoms with van der Waals surface area (Å²) in [5.41, 5.74) is 1.44. The van der Waals surface area contributed by atoms with E-state index in [0.29, 0.717) is 15.2 Å². The van der Waals surface area contributed by atoms with Gasteiger partial charge in [-0.2, -0.15) is 0 Å². The number of nitrogens with zero attached hydrogens (tertiary/aromatic N) is 2. The summed E-state index contributed by atoms with van der Waals surface area (Å²) in [7, 11) is -3.27. The molecule has 0 amide bonds. The molecule has 20 heavy (non-hydrogen) atoms. The topological polar surface area (TPSA) is 58.1 Å². The van der Waals surface area contributed by atoms with E-state index in [1.54, 1.807) is 12.1 Å². The molecular weight excluding hydrogens is 294 g/mol. The zero-order valence-corrected chi connectivity index (χ0v) is 12.9. The van der Waals surface area contributed by atoms with E-state index in [1.165, 1.54) is 12.7 Å². The molecule has 1 aliphatic heterocycles. The summed E-state index contributed by atoms with van der Waals surface area (Å²) in [6.45, 7) is 1.90. The first-order valence-electron chi connectivity index (χ1n) is 6.67. The largest absolute Gasteiger partial charge is 0.328 e. The molecule has 0 unspecified atom stereocenters. The molecule has 1 N–H and O–H groups in total. The summed E-state index contributed by atoms with van der Waals surface area (Å²) in [6, 6.07) is 5.29. The average Bonchev–Trinajstić information content (AvgIpc) is 2.74. The quantitative estimate of drug-likeness (QED) is 0.864. The van der Waals surface area contributed by atoms with Gasteiger partial charge in [0.15, 0.2) is 14.6 Å². The Balaban J connectivity index is 2.24. The summed E-state index contributed by atoms with van der Waals surface area (Å²) in [5, 5.41) is 2.19. The van der Waals surface area contributed by atoms with Crippen LogP contribution in [0.15, 0.2) is 23.1 Å². The molecule has 0 spiro atoms. The van der Waals surface area contributed by atoms with Crippen LogP contribution in [0.25, 0.3) is 11.0 Å². The van der Waals surface area contributed by atoms with Crippen molar-refractivity contribution < 1.29 is 8.42 Å². The molecule has 1 aliphatic rings. The van der Waals surface area contributed by atoms with Crippen LogP contribution >= 0.6 is 12.2 Å². The van der Waals surface area contributed by atoms with Gasteiger partial charge in [0.25, 0.3) is 0 Å². The molecule has 1 saturated heterocycles. The smallest absolute Gasteiger partial charge is 0.197 e. The lowest BCUT2D eigenvalue weighted by atomic mass is 10.2. The fourth-order valence-corrected chi connectivity index (χ4v) is 3.93. The molecular formula is C13H17N3O2S2. The molecule has 0 bridgehead atoms. The number of piperidine rings is 1. The van der Waals surface area contributed by atoms with Crippen LogP contribution in [-0.4, -0.2) is 37.4 Å². The van der Waals surface area contributed by atoms with Crippen molar-refractivity contribution in [1.29, 1.82) is 0 Å². The third kappa shape index (κ3) is 2.25. The predicted molar refractivity (Wildman–Crippen MR) is 82.0 cm³/mol. The van der Waals surface area contributed by atoms with Crippen molar-refractivity contribution in [2.75, 3.05) is 24.4 Å². The molecule has 0 atom stereocenters. The lowest BCUT2D eigenvalue weighted by Gasteiger charge is -2.29. The van der Waals surface area contributed by atoms with Crippen molar-refractivity contribution in [3.05, 3.63) is 23.0 Å². The molecule has 0 radical (unpaired) electrons. The number of fused-ring (bicyclic) bond motifs is 1. The Labute approximate surface area is 123 Å². The molecule has 5 nitrogen and oxygen atoms in total. The maximum absolute atomic E-state index is 11.9. The third-order valence-electron chi connectivity index (χ3n) is 3.67.